The van der Waals surface area contributed by atoms with Gasteiger partial charge in [0.2, 0.25) is 0 Å². The maximum Gasteiger partial charge on any atom is 0.294 e. The number of nitrogens with two attached hydrogens (primary N) is 1. The first-order chi connectivity index (χ1) is 12.4. The lowest BCUT2D eigenvalue weighted by Crippen LogP contribution is -1.99. The molecule has 0 atom stereocenters. The molecule has 0 aliphatic heterocycles. The van der Waals surface area contributed by atoms with Crippen LogP contribution < -0.4 is 5.73 Å². The van der Waals surface area contributed by atoms with Gasteiger partial charge in [-0.25, -0.2) is 4.39 Å². The van der Waals surface area contributed by atoms with Crippen LogP contribution in [0.15, 0.2) is 64.4 Å². The van der Waals surface area contributed by atoms with Crippen molar-refractivity contribution in [2.24, 2.45) is 0 Å². The van der Waals surface area contributed by atoms with Gasteiger partial charge in [0.25, 0.3) is 20.2 Å². The molecule has 144 valence electrons. The molecule has 8 nitrogen and oxygen atoms in total. The molecule has 0 heterocycles. The smallest absolute Gasteiger partial charge is 0.294 e. The van der Waals surface area contributed by atoms with Crippen LogP contribution in [0, 0.1) is 5.82 Å². The number of phenolic OH excluding ortho intramolecular Hbond substituents is 1. The Hall–Kier alpha value is -2.73. The van der Waals surface area contributed by atoms with Gasteiger partial charge in [0.1, 0.15) is 11.6 Å². The van der Waals surface area contributed by atoms with Crippen LogP contribution in [-0.4, -0.2) is 31.0 Å². The minimum absolute atomic E-state index is 0.0489. The SMILES string of the molecule is Nc1ccc(O)cc1F.O=S(=O)(O)c1ccc2cc(S(=O)(=O)O)ccc2c1. The van der Waals surface area contributed by atoms with Crippen molar-refractivity contribution in [3.63, 3.8) is 0 Å². The van der Waals surface area contributed by atoms with Crippen LogP contribution >= 0.6 is 0 Å². The van der Waals surface area contributed by atoms with E-state index in [9.17, 15) is 21.2 Å². The molecule has 0 aromatic heterocycles. The molecule has 3 aromatic carbocycles. The third-order valence-electron chi connectivity index (χ3n) is 3.36. The zero-order chi connectivity index (χ0) is 20.4. The first-order valence-electron chi connectivity index (χ1n) is 7.11. The van der Waals surface area contributed by atoms with Crippen molar-refractivity contribution in [1.29, 1.82) is 0 Å². The number of hydrogen-bond donors (Lipinski definition) is 4. The monoisotopic (exact) mass is 415 g/mol. The summed E-state index contributed by atoms with van der Waals surface area (Å²) in [5.74, 6) is -0.697. The van der Waals surface area contributed by atoms with Gasteiger partial charge < -0.3 is 10.8 Å². The van der Waals surface area contributed by atoms with Crippen molar-refractivity contribution in [3.8, 4) is 5.75 Å². The van der Waals surface area contributed by atoms with Gasteiger partial charge in [0.05, 0.1) is 15.5 Å². The molecule has 3 rings (SSSR count). The van der Waals surface area contributed by atoms with Gasteiger partial charge in [-0.1, -0.05) is 12.1 Å². The Balaban J connectivity index is 0.000000244. The molecule has 0 fully saturated rings. The van der Waals surface area contributed by atoms with Gasteiger partial charge in [0.15, 0.2) is 0 Å². The molecular weight excluding hydrogens is 401 g/mol. The van der Waals surface area contributed by atoms with E-state index in [1.54, 1.807) is 0 Å². The average molecular weight is 415 g/mol. The first-order valence-corrected chi connectivity index (χ1v) is 9.99. The van der Waals surface area contributed by atoms with E-state index in [2.05, 4.69) is 0 Å². The van der Waals surface area contributed by atoms with Crippen molar-refractivity contribution in [2.45, 2.75) is 9.79 Å². The largest absolute Gasteiger partial charge is 0.508 e. The Bertz CT molecular complexity index is 1140. The summed E-state index contributed by atoms with van der Waals surface area (Å²) in [5, 5.41) is 9.50. The van der Waals surface area contributed by atoms with Crippen LogP contribution in [0.3, 0.4) is 0 Å². The minimum Gasteiger partial charge on any atom is -0.508 e. The lowest BCUT2D eigenvalue weighted by atomic mass is 10.1. The average Bonchev–Trinajstić information content (AvgIpc) is 2.56. The number of aromatic hydroxyl groups is 1. The number of hydrogen-bond acceptors (Lipinski definition) is 6. The summed E-state index contributed by atoms with van der Waals surface area (Å²) in [5.41, 5.74) is 5.15. The fraction of sp³-hybridized carbons (Fsp3) is 0. The summed E-state index contributed by atoms with van der Waals surface area (Å²) in [4.78, 5) is -0.566. The number of nitrogen functional groups attached to an aromatic ring is 1. The fourth-order valence-electron chi connectivity index (χ4n) is 2.04. The second-order valence-corrected chi connectivity index (χ2v) is 8.17. The van der Waals surface area contributed by atoms with Crippen LogP contribution in [0.2, 0.25) is 0 Å². The quantitative estimate of drug-likeness (QED) is 0.283. The minimum atomic E-state index is -4.30. The third kappa shape index (κ3) is 5.37. The highest BCUT2D eigenvalue weighted by Gasteiger charge is 2.12. The van der Waals surface area contributed by atoms with E-state index in [0.29, 0.717) is 10.8 Å². The molecule has 0 spiro atoms. The normalized spacial score (nSPS) is 11.7. The molecule has 0 aliphatic rings. The van der Waals surface area contributed by atoms with E-state index in [1.165, 1.54) is 36.4 Å². The molecule has 3 aromatic rings. The van der Waals surface area contributed by atoms with Gasteiger partial charge in [-0.3, -0.25) is 9.11 Å². The highest BCUT2D eigenvalue weighted by molar-refractivity contribution is 7.86. The van der Waals surface area contributed by atoms with Crippen LogP contribution in [0.25, 0.3) is 10.8 Å². The maximum atomic E-state index is 12.3. The molecule has 0 radical (unpaired) electrons. The Kier molecular flexibility index (Phi) is 5.70. The zero-order valence-electron chi connectivity index (χ0n) is 13.4. The van der Waals surface area contributed by atoms with E-state index in [4.69, 9.17) is 19.9 Å². The Morgan fingerprint density at radius 2 is 1.19 bits per heavy atom. The second kappa shape index (κ2) is 7.48. The lowest BCUT2D eigenvalue weighted by molar-refractivity contribution is 0.469. The number of anilines is 1. The molecule has 0 unspecified atom stereocenters. The van der Waals surface area contributed by atoms with Crippen molar-refractivity contribution in [2.75, 3.05) is 5.73 Å². The van der Waals surface area contributed by atoms with Gasteiger partial charge >= 0.3 is 0 Å². The van der Waals surface area contributed by atoms with Crippen LogP contribution in [0.1, 0.15) is 0 Å². The summed E-state index contributed by atoms with van der Waals surface area (Å²) < 4.78 is 73.7. The molecule has 27 heavy (non-hydrogen) atoms. The van der Waals surface area contributed by atoms with Gasteiger partial charge in [-0.05, 0) is 47.2 Å². The summed E-state index contributed by atoms with van der Waals surface area (Å²) in [6, 6.07) is 11.0. The Morgan fingerprint density at radius 1 is 0.741 bits per heavy atom. The molecule has 11 heteroatoms. The van der Waals surface area contributed by atoms with Gasteiger partial charge in [-0.2, -0.15) is 16.8 Å². The second-order valence-electron chi connectivity index (χ2n) is 5.33. The van der Waals surface area contributed by atoms with Crippen molar-refractivity contribution >= 4 is 36.7 Å². The number of phenols is 1. The molecule has 0 bridgehead atoms. The van der Waals surface area contributed by atoms with E-state index < -0.39 is 26.1 Å². The van der Waals surface area contributed by atoms with Crippen molar-refractivity contribution < 1.29 is 35.4 Å². The first kappa shape index (κ1) is 20.6. The summed E-state index contributed by atoms with van der Waals surface area (Å²) in [6.45, 7) is 0. The molecule has 0 saturated carbocycles. The van der Waals surface area contributed by atoms with Crippen LogP contribution in [0.5, 0.6) is 5.75 Å². The predicted octanol–water partition coefficient (Wildman–Crippen LogP) is 2.45. The summed E-state index contributed by atoms with van der Waals surface area (Å²) in [7, 11) is -8.60. The standard InChI is InChI=1S/C10H8O6S2.C6H6FNO/c11-17(12,13)9-3-1-7-5-10(18(14,15)16)4-2-8(7)6-9;7-5-3-4(9)1-2-6(5)8/h1-6H,(H,11,12,13)(H,14,15,16);1-3,9H,8H2. The topological polar surface area (TPSA) is 155 Å². The van der Waals surface area contributed by atoms with Gasteiger partial charge in [-0.15, -0.1) is 0 Å². The number of rotatable bonds is 2. The van der Waals surface area contributed by atoms with Crippen LogP contribution in [0.4, 0.5) is 10.1 Å². The van der Waals surface area contributed by atoms with E-state index >= 15 is 0 Å². The van der Waals surface area contributed by atoms with Gasteiger partial charge in [0, 0.05) is 6.07 Å². The van der Waals surface area contributed by atoms with E-state index in [0.717, 1.165) is 18.2 Å². The summed E-state index contributed by atoms with van der Waals surface area (Å²) >= 11 is 0. The van der Waals surface area contributed by atoms with Crippen molar-refractivity contribution in [3.05, 3.63) is 60.4 Å². The third-order valence-corrected chi connectivity index (χ3v) is 5.06. The maximum absolute atomic E-state index is 12.3. The summed E-state index contributed by atoms with van der Waals surface area (Å²) in [6.07, 6.45) is 0. The number of fused-ring (bicyclic) bond motifs is 1. The number of benzene rings is 3. The Labute approximate surface area is 154 Å². The van der Waals surface area contributed by atoms with Crippen LogP contribution in [-0.2, 0) is 20.2 Å². The molecular formula is C16H14FNO7S2. The molecule has 0 aliphatic carbocycles. The fourth-order valence-corrected chi connectivity index (χ4v) is 3.07. The number of halogens is 1. The van der Waals surface area contributed by atoms with E-state index in [1.807, 2.05) is 0 Å². The lowest BCUT2D eigenvalue weighted by Gasteiger charge is -2.03. The highest BCUT2D eigenvalue weighted by Crippen LogP contribution is 2.22. The zero-order valence-corrected chi connectivity index (χ0v) is 15.1. The molecule has 0 amide bonds. The molecule has 0 saturated heterocycles. The predicted molar refractivity (Wildman–Crippen MR) is 96.1 cm³/mol. The Morgan fingerprint density at radius 3 is 1.52 bits per heavy atom. The highest BCUT2D eigenvalue weighted by atomic mass is 32.2. The van der Waals surface area contributed by atoms with E-state index in [-0.39, 0.29) is 21.2 Å². The molecule has 5 N–H and O–H groups in total. The van der Waals surface area contributed by atoms with Crippen molar-refractivity contribution in [1.82, 2.24) is 0 Å².